The van der Waals surface area contributed by atoms with E-state index >= 15 is 0 Å². The summed E-state index contributed by atoms with van der Waals surface area (Å²) in [7, 11) is 3.58. The number of carbonyl (C=O) groups excluding carboxylic acids is 1. The summed E-state index contributed by atoms with van der Waals surface area (Å²) in [6.07, 6.45) is 12.0. The van der Waals surface area contributed by atoms with Crippen LogP contribution in [0.4, 0.5) is 13.6 Å². The Labute approximate surface area is 217 Å². The monoisotopic (exact) mass is 515 g/mol. The highest BCUT2D eigenvalue weighted by Gasteiger charge is 2.45. The second-order valence-electron chi connectivity index (χ2n) is 11.8. The molecule has 0 spiro atoms. The van der Waals surface area contributed by atoms with Crippen molar-refractivity contribution in [2.45, 2.75) is 114 Å². The van der Waals surface area contributed by atoms with E-state index in [4.69, 9.17) is 4.74 Å². The molecule has 0 bridgehead atoms. The fraction of sp³-hybridized carbons (Fsp3) is 0.964. The molecule has 0 aromatic rings. The first kappa shape index (κ1) is 29.6. The summed E-state index contributed by atoms with van der Waals surface area (Å²) >= 11 is 0. The maximum Gasteiger partial charge on any atom is 0.317 e. The van der Waals surface area contributed by atoms with Gasteiger partial charge >= 0.3 is 6.03 Å². The number of halogens is 2. The van der Waals surface area contributed by atoms with Crippen LogP contribution in [0.5, 0.6) is 0 Å². The van der Waals surface area contributed by atoms with Gasteiger partial charge in [0.1, 0.15) is 0 Å². The van der Waals surface area contributed by atoms with Crippen molar-refractivity contribution in [3.63, 3.8) is 0 Å². The molecular weight excluding hydrogens is 464 g/mol. The molecule has 0 radical (unpaired) electrons. The number of ether oxygens (including phenoxy) is 1. The number of alkyl halides is 2. The third kappa shape index (κ3) is 8.52. The first-order valence-corrected chi connectivity index (χ1v) is 14.6. The van der Waals surface area contributed by atoms with Crippen LogP contribution >= 0.6 is 0 Å². The quantitative estimate of drug-likeness (QED) is 0.307. The molecule has 8 heteroatoms. The fourth-order valence-corrected chi connectivity index (χ4v) is 7.01. The summed E-state index contributed by atoms with van der Waals surface area (Å²) < 4.78 is 32.4. The second kappa shape index (κ2) is 14.2. The lowest BCUT2D eigenvalue weighted by atomic mass is 9.66. The van der Waals surface area contributed by atoms with E-state index in [1.807, 2.05) is 11.9 Å². The van der Waals surface area contributed by atoms with Gasteiger partial charge in [-0.05, 0) is 83.1 Å². The molecule has 210 valence electrons. The molecule has 3 aliphatic rings. The highest BCUT2D eigenvalue weighted by atomic mass is 19.3. The van der Waals surface area contributed by atoms with E-state index in [9.17, 15) is 18.7 Å². The van der Waals surface area contributed by atoms with E-state index in [0.717, 1.165) is 51.4 Å². The second-order valence-corrected chi connectivity index (χ2v) is 11.8. The minimum absolute atomic E-state index is 0.0458. The number of likely N-dealkylation sites (N-methyl/N-ethyl adjacent to an activating group) is 1. The standard InChI is InChI=1S/C28H51F2N3O3/c1-31-20-25(19-22-12-15-27(29,30)16-13-22)32-26(34)33-17-8-11-24(21-33)28(35,14-6-7-18-36-2)23-9-4-3-5-10-23/h22-25,31,35H,3-21H2,1-2H3,(H,32,34)/t24-,25+,28+/m1/s1. The number of rotatable bonds is 12. The first-order chi connectivity index (χ1) is 17.3. The van der Waals surface area contributed by atoms with Gasteiger partial charge in [0, 0.05) is 58.2 Å². The lowest BCUT2D eigenvalue weighted by molar-refractivity contribution is -0.104. The summed E-state index contributed by atoms with van der Waals surface area (Å²) in [5, 5.41) is 18.5. The number of hydrogen-bond donors (Lipinski definition) is 3. The van der Waals surface area contributed by atoms with E-state index in [0.29, 0.717) is 45.0 Å². The number of urea groups is 1. The lowest BCUT2D eigenvalue weighted by Crippen LogP contribution is -2.56. The summed E-state index contributed by atoms with van der Waals surface area (Å²) in [4.78, 5) is 15.2. The third-order valence-corrected chi connectivity index (χ3v) is 9.14. The molecule has 0 aromatic heterocycles. The number of unbranched alkanes of at least 4 members (excludes halogenated alkanes) is 1. The van der Waals surface area contributed by atoms with Crippen LogP contribution in [0.1, 0.15) is 96.3 Å². The van der Waals surface area contributed by atoms with Crippen molar-refractivity contribution in [2.24, 2.45) is 17.8 Å². The largest absolute Gasteiger partial charge is 0.389 e. The van der Waals surface area contributed by atoms with Gasteiger partial charge in [0.2, 0.25) is 5.92 Å². The Morgan fingerprint density at radius 2 is 1.78 bits per heavy atom. The van der Waals surface area contributed by atoms with Gasteiger partial charge in [-0.15, -0.1) is 0 Å². The lowest BCUT2D eigenvalue weighted by Gasteiger charge is -2.48. The minimum Gasteiger partial charge on any atom is -0.389 e. The van der Waals surface area contributed by atoms with Crippen LogP contribution in [-0.2, 0) is 4.74 Å². The van der Waals surface area contributed by atoms with E-state index < -0.39 is 11.5 Å². The molecule has 6 nitrogen and oxygen atoms in total. The zero-order valence-corrected chi connectivity index (χ0v) is 22.7. The number of nitrogens with one attached hydrogen (secondary N) is 2. The number of piperidine rings is 1. The number of amides is 2. The third-order valence-electron chi connectivity index (χ3n) is 9.14. The summed E-state index contributed by atoms with van der Waals surface area (Å²) in [6, 6.07) is -0.155. The van der Waals surface area contributed by atoms with Crippen molar-refractivity contribution in [1.82, 2.24) is 15.5 Å². The Balaban J connectivity index is 1.60. The summed E-state index contributed by atoms with van der Waals surface area (Å²) in [5.74, 6) is -1.91. The normalized spacial score (nSPS) is 26.4. The van der Waals surface area contributed by atoms with Gasteiger partial charge < -0.3 is 25.4 Å². The molecule has 2 saturated carbocycles. The van der Waals surface area contributed by atoms with Crippen molar-refractivity contribution >= 4 is 6.03 Å². The van der Waals surface area contributed by atoms with E-state index in [1.165, 1.54) is 19.3 Å². The first-order valence-electron chi connectivity index (χ1n) is 14.6. The van der Waals surface area contributed by atoms with E-state index in [1.54, 1.807) is 7.11 Å². The van der Waals surface area contributed by atoms with Gasteiger partial charge in [-0.1, -0.05) is 19.3 Å². The van der Waals surface area contributed by atoms with E-state index in [-0.39, 0.29) is 36.8 Å². The Bertz CT molecular complexity index is 652. The zero-order chi connectivity index (χ0) is 26.0. The Hall–Kier alpha value is -0.990. The van der Waals surface area contributed by atoms with Gasteiger partial charge in [-0.2, -0.15) is 0 Å². The zero-order valence-electron chi connectivity index (χ0n) is 22.7. The number of nitrogens with zero attached hydrogens (tertiary/aromatic N) is 1. The Kier molecular flexibility index (Phi) is 11.7. The number of hydrogen-bond acceptors (Lipinski definition) is 4. The average molecular weight is 516 g/mol. The van der Waals surface area contributed by atoms with Gasteiger partial charge in [0.25, 0.3) is 0 Å². The molecule has 3 fully saturated rings. The van der Waals surface area contributed by atoms with Gasteiger partial charge in [-0.3, -0.25) is 0 Å². The molecule has 36 heavy (non-hydrogen) atoms. The molecule has 0 unspecified atom stereocenters. The number of methoxy groups -OCH3 is 1. The van der Waals surface area contributed by atoms with Crippen molar-refractivity contribution < 1.29 is 23.4 Å². The van der Waals surface area contributed by atoms with Gasteiger partial charge in [0.05, 0.1) is 5.60 Å². The molecule has 3 atom stereocenters. The smallest absolute Gasteiger partial charge is 0.317 e. The molecule has 0 aromatic carbocycles. The number of likely N-dealkylation sites (tertiary alicyclic amines) is 1. The summed E-state index contributed by atoms with van der Waals surface area (Å²) in [6.45, 7) is 2.63. The molecule has 1 heterocycles. The molecule has 1 aliphatic heterocycles. The molecule has 2 amide bonds. The van der Waals surface area contributed by atoms with Gasteiger partial charge in [0.15, 0.2) is 0 Å². The van der Waals surface area contributed by atoms with Crippen LogP contribution in [0.3, 0.4) is 0 Å². The summed E-state index contributed by atoms with van der Waals surface area (Å²) in [5.41, 5.74) is -0.731. The predicted molar refractivity (Wildman–Crippen MR) is 139 cm³/mol. The maximum absolute atomic E-state index is 13.6. The maximum atomic E-state index is 13.6. The van der Waals surface area contributed by atoms with Crippen molar-refractivity contribution in [3.8, 4) is 0 Å². The van der Waals surface area contributed by atoms with Crippen LogP contribution < -0.4 is 10.6 Å². The van der Waals surface area contributed by atoms with Crippen molar-refractivity contribution in [3.05, 3.63) is 0 Å². The predicted octanol–water partition coefficient (Wildman–Crippen LogP) is 5.34. The SMILES string of the molecule is CNC[C@H](CC1CCC(F)(F)CC1)NC(=O)N1CCC[C@@H]([C@](O)(CCCCOC)C2CCCCC2)C1. The van der Waals surface area contributed by atoms with Crippen LogP contribution in [0.25, 0.3) is 0 Å². The van der Waals surface area contributed by atoms with Crippen LogP contribution in [0.15, 0.2) is 0 Å². The number of carbonyl (C=O) groups is 1. The average Bonchev–Trinajstić information content (AvgIpc) is 2.88. The highest BCUT2D eigenvalue weighted by Crippen LogP contribution is 2.43. The van der Waals surface area contributed by atoms with Crippen LogP contribution in [-0.4, -0.2) is 74.0 Å². The highest BCUT2D eigenvalue weighted by molar-refractivity contribution is 5.74. The fourth-order valence-electron chi connectivity index (χ4n) is 7.01. The number of aliphatic hydroxyl groups is 1. The van der Waals surface area contributed by atoms with E-state index in [2.05, 4.69) is 10.6 Å². The van der Waals surface area contributed by atoms with Crippen molar-refractivity contribution in [2.75, 3.05) is 40.4 Å². The molecule has 1 saturated heterocycles. The molecule has 3 N–H and O–H groups in total. The Morgan fingerprint density at radius 3 is 2.44 bits per heavy atom. The molecule has 3 rings (SSSR count). The molecular formula is C28H51F2N3O3. The minimum atomic E-state index is -2.53. The topological polar surface area (TPSA) is 73.8 Å². The van der Waals surface area contributed by atoms with Gasteiger partial charge in [-0.25, -0.2) is 13.6 Å². The van der Waals surface area contributed by atoms with Crippen LogP contribution in [0, 0.1) is 17.8 Å². The van der Waals surface area contributed by atoms with Crippen molar-refractivity contribution in [1.29, 1.82) is 0 Å². The Morgan fingerprint density at radius 1 is 1.08 bits per heavy atom. The van der Waals surface area contributed by atoms with Crippen LogP contribution in [0.2, 0.25) is 0 Å². The molecule has 2 aliphatic carbocycles.